The first-order valence-electron chi connectivity index (χ1n) is 5.46. The quantitative estimate of drug-likeness (QED) is 0.713. The molecule has 2 aromatic heterocycles. The number of aryl methyl sites for hydroxylation is 1. The molecule has 2 nitrogen and oxygen atoms in total. The lowest BCUT2D eigenvalue weighted by Gasteiger charge is -1.96. The number of aromatic nitrogens is 2. The van der Waals surface area contributed by atoms with Crippen molar-refractivity contribution in [3.63, 3.8) is 0 Å². The van der Waals surface area contributed by atoms with Gasteiger partial charge in [-0.1, -0.05) is 6.07 Å². The van der Waals surface area contributed by atoms with Crippen molar-refractivity contribution in [1.29, 1.82) is 0 Å². The molecular formula is C14H15N2+. The van der Waals surface area contributed by atoms with Crippen LogP contribution in [0.2, 0.25) is 0 Å². The number of hydrogen-bond donors (Lipinski definition) is 0. The van der Waals surface area contributed by atoms with Gasteiger partial charge in [0, 0.05) is 30.6 Å². The highest BCUT2D eigenvalue weighted by Gasteiger charge is 2.01. The smallest absolute Gasteiger partial charge is 0.205 e. The van der Waals surface area contributed by atoms with E-state index in [0.29, 0.717) is 0 Å². The Balaban J connectivity index is 2.24. The molecule has 0 bridgehead atoms. The maximum absolute atomic E-state index is 4.08. The van der Waals surface area contributed by atoms with Crippen LogP contribution in [-0.4, -0.2) is 4.98 Å². The van der Waals surface area contributed by atoms with Crippen LogP contribution in [0.4, 0.5) is 0 Å². The Morgan fingerprint density at radius 2 is 2.12 bits per heavy atom. The summed E-state index contributed by atoms with van der Waals surface area (Å²) in [6, 6.07) is 10.2. The topological polar surface area (TPSA) is 16.8 Å². The molecule has 0 radical (unpaired) electrons. The van der Waals surface area contributed by atoms with E-state index in [-0.39, 0.29) is 0 Å². The zero-order valence-electron chi connectivity index (χ0n) is 9.38. The lowest BCUT2D eigenvalue weighted by molar-refractivity contribution is -0.695. The van der Waals surface area contributed by atoms with Crippen molar-refractivity contribution in [3.8, 4) is 0 Å². The summed E-state index contributed by atoms with van der Waals surface area (Å²) >= 11 is 0. The van der Waals surface area contributed by atoms with Gasteiger partial charge >= 0.3 is 0 Å². The van der Waals surface area contributed by atoms with E-state index in [2.05, 4.69) is 47.0 Å². The van der Waals surface area contributed by atoms with E-state index in [1.807, 2.05) is 24.4 Å². The van der Waals surface area contributed by atoms with E-state index in [1.54, 1.807) is 6.20 Å². The molecule has 0 saturated carbocycles. The van der Waals surface area contributed by atoms with Crippen molar-refractivity contribution in [2.45, 2.75) is 13.5 Å². The Morgan fingerprint density at radius 1 is 1.19 bits per heavy atom. The fourth-order valence-electron chi connectivity index (χ4n) is 1.58. The maximum atomic E-state index is 4.08. The molecule has 0 atom stereocenters. The molecule has 2 heterocycles. The van der Waals surface area contributed by atoms with Crippen molar-refractivity contribution in [3.05, 3.63) is 60.2 Å². The molecule has 0 saturated heterocycles. The summed E-state index contributed by atoms with van der Waals surface area (Å²) in [5.74, 6) is 0. The summed E-state index contributed by atoms with van der Waals surface area (Å²) < 4.78 is 2.20. The second-order valence-corrected chi connectivity index (χ2v) is 3.53. The van der Waals surface area contributed by atoms with Crippen LogP contribution in [0.25, 0.3) is 12.2 Å². The highest BCUT2D eigenvalue weighted by atomic mass is 14.9. The Morgan fingerprint density at radius 3 is 2.88 bits per heavy atom. The van der Waals surface area contributed by atoms with Gasteiger partial charge in [0.25, 0.3) is 0 Å². The minimum Gasteiger partial charge on any atom is -0.264 e. The van der Waals surface area contributed by atoms with E-state index in [4.69, 9.17) is 0 Å². The van der Waals surface area contributed by atoms with Gasteiger partial charge in [0.2, 0.25) is 5.69 Å². The number of nitrogens with zero attached hydrogens (tertiary/aromatic N) is 2. The van der Waals surface area contributed by atoms with Crippen LogP contribution in [0.15, 0.2) is 48.9 Å². The zero-order chi connectivity index (χ0) is 11.2. The average molecular weight is 211 g/mol. The third kappa shape index (κ3) is 2.54. The largest absolute Gasteiger partial charge is 0.264 e. The van der Waals surface area contributed by atoms with Crippen molar-refractivity contribution < 1.29 is 4.57 Å². The molecule has 0 aliphatic carbocycles. The van der Waals surface area contributed by atoms with Gasteiger partial charge in [-0.05, 0) is 30.7 Å². The third-order valence-corrected chi connectivity index (χ3v) is 2.45. The zero-order valence-corrected chi connectivity index (χ0v) is 9.38. The number of hydrogen-bond acceptors (Lipinski definition) is 1. The Hall–Kier alpha value is -1.96. The molecule has 0 amide bonds. The first-order chi connectivity index (χ1) is 7.90. The van der Waals surface area contributed by atoms with Gasteiger partial charge in [0.1, 0.15) is 6.54 Å². The summed E-state index contributed by atoms with van der Waals surface area (Å²) in [5, 5.41) is 0. The van der Waals surface area contributed by atoms with Gasteiger partial charge in [-0.3, -0.25) is 4.98 Å². The molecule has 0 aliphatic heterocycles. The molecule has 80 valence electrons. The van der Waals surface area contributed by atoms with Crippen LogP contribution in [0, 0.1) is 0 Å². The summed E-state index contributed by atoms with van der Waals surface area (Å²) in [4.78, 5) is 4.08. The molecule has 2 aromatic rings. The van der Waals surface area contributed by atoms with Gasteiger partial charge in [-0.25, -0.2) is 0 Å². The SMILES string of the molecule is CC[n+]1ccccc1/C=C/c1cccnc1. The summed E-state index contributed by atoms with van der Waals surface area (Å²) in [6.45, 7) is 3.12. The molecule has 16 heavy (non-hydrogen) atoms. The van der Waals surface area contributed by atoms with Crippen LogP contribution in [0.1, 0.15) is 18.2 Å². The molecule has 0 aliphatic rings. The van der Waals surface area contributed by atoms with Gasteiger partial charge < -0.3 is 0 Å². The van der Waals surface area contributed by atoms with Crippen LogP contribution >= 0.6 is 0 Å². The van der Waals surface area contributed by atoms with Crippen molar-refractivity contribution in [1.82, 2.24) is 4.98 Å². The molecule has 2 heteroatoms. The van der Waals surface area contributed by atoms with E-state index < -0.39 is 0 Å². The standard InChI is InChI=1S/C14H15N2/c1-2-16-11-4-3-7-14(16)9-8-13-6-5-10-15-12-13/h3-12H,2H2,1H3/q+1. The molecule has 2 rings (SSSR count). The van der Waals surface area contributed by atoms with E-state index in [1.165, 1.54) is 5.69 Å². The summed E-state index contributed by atoms with van der Waals surface area (Å²) in [5.41, 5.74) is 2.32. The molecule has 0 aromatic carbocycles. The second-order valence-electron chi connectivity index (χ2n) is 3.53. The lowest BCUT2D eigenvalue weighted by Crippen LogP contribution is -2.34. The monoisotopic (exact) mass is 211 g/mol. The van der Waals surface area contributed by atoms with Crippen LogP contribution < -0.4 is 4.57 Å². The molecule has 0 unspecified atom stereocenters. The van der Waals surface area contributed by atoms with Gasteiger partial charge in [0.05, 0.1) is 0 Å². The third-order valence-electron chi connectivity index (χ3n) is 2.45. The predicted molar refractivity (Wildman–Crippen MR) is 65.5 cm³/mol. The van der Waals surface area contributed by atoms with Gasteiger partial charge in [-0.2, -0.15) is 4.57 Å². The first-order valence-corrected chi connectivity index (χ1v) is 5.46. The molecule has 0 N–H and O–H groups in total. The lowest BCUT2D eigenvalue weighted by atomic mass is 10.2. The molecule has 0 spiro atoms. The van der Waals surface area contributed by atoms with Crippen molar-refractivity contribution in [2.75, 3.05) is 0 Å². The molecular weight excluding hydrogens is 196 g/mol. The Kier molecular flexibility index (Phi) is 3.44. The van der Waals surface area contributed by atoms with E-state index >= 15 is 0 Å². The van der Waals surface area contributed by atoms with E-state index in [0.717, 1.165) is 12.1 Å². The summed E-state index contributed by atoms with van der Waals surface area (Å²) in [6.07, 6.45) is 9.92. The van der Waals surface area contributed by atoms with Gasteiger partial charge in [0.15, 0.2) is 6.20 Å². The molecule has 0 fully saturated rings. The fraction of sp³-hybridized carbons (Fsp3) is 0.143. The van der Waals surface area contributed by atoms with Crippen LogP contribution in [0.3, 0.4) is 0 Å². The number of pyridine rings is 2. The van der Waals surface area contributed by atoms with E-state index in [9.17, 15) is 0 Å². The van der Waals surface area contributed by atoms with Crippen molar-refractivity contribution >= 4 is 12.2 Å². The predicted octanol–water partition coefficient (Wildman–Crippen LogP) is 2.56. The Labute approximate surface area is 95.9 Å². The fourth-order valence-corrected chi connectivity index (χ4v) is 1.58. The maximum Gasteiger partial charge on any atom is 0.205 e. The second kappa shape index (κ2) is 5.21. The average Bonchev–Trinajstić information content (AvgIpc) is 2.38. The minimum absolute atomic E-state index is 0.980. The number of rotatable bonds is 3. The highest BCUT2D eigenvalue weighted by Crippen LogP contribution is 2.03. The normalized spacial score (nSPS) is 10.8. The van der Waals surface area contributed by atoms with Crippen LogP contribution in [-0.2, 0) is 6.54 Å². The summed E-state index contributed by atoms with van der Waals surface area (Å²) in [7, 11) is 0. The van der Waals surface area contributed by atoms with Crippen molar-refractivity contribution in [2.24, 2.45) is 0 Å². The minimum atomic E-state index is 0.980. The van der Waals surface area contributed by atoms with Gasteiger partial charge in [-0.15, -0.1) is 0 Å². The Bertz CT molecular complexity index is 475. The first kappa shape index (κ1) is 10.6. The van der Waals surface area contributed by atoms with Crippen LogP contribution in [0.5, 0.6) is 0 Å². The highest BCUT2D eigenvalue weighted by molar-refractivity contribution is 5.66.